The van der Waals surface area contributed by atoms with Gasteiger partial charge >= 0.3 is 20.0 Å². The number of rotatable bonds is 13. The van der Waals surface area contributed by atoms with E-state index >= 15 is 0 Å². The maximum atomic E-state index is 11.9. The smallest absolute Gasteiger partial charge is 0.481 e. The van der Waals surface area contributed by atoms with Crippen LogP contribution in [0.4, 0.5) is 0 Å². The summed E-state index contributed by atoms with van der Waals surface area (Å²) in [6.45, 7) is 0.149. The molecule has 0 aliphatic heterocycles. The zero-order valence-corrected chi connectivity index (χ0v) is 13.2. The molecule has 0 amide bonds. The highest BCUT2D eigenvalue weighted by molar-refractivity contribution is 7.40. The minimum atomic E-state index is -2.48. The molecule has 1 heterocycles. The number of tetrazole rings is 1. The van der Waals surface area contributed by atoms with Gasteiger partial charge in [-0.05, 0) is 11.0 Å². The highest BCUT2D eigenvalue weighted by Crippen LogP contribution is 2.16. The molecule has 0 saturated carbocycles. The van der Waals surface area contributed by atoms with Gasteiger partial charge in [0.2, 0.25) is 0 Å². The van der Waals surface area contributed by atoms with Gasteiger partial charge in [-0.25, -0.2) is 0 Å². The van der Waals surface area contributed by atoms with E-state index in [0.29, 0.717) is 5.82 Å². The molecule has 24 heavy (non-hydrogen) atoms. The van der Waals surface area contributed by atoms with Crippen LogP contribution in [0.25, 0.3) is 0 Å². The molecule has 0 aliphatic carbocycles. The number of aromatic amines is 1. The van der Waals surface area contributed by atoms with Crippen molar-refractivity contribution in [1.82, 2.24) is 30.8 Å². The van der Waals surface area contributed by atoms with E-state index in [2.05, 4.69) is 30.8 Å². The van der Waals surface area contributed by atoms with Crippen molar-refractivity contribution >= 4 is 26.5 Å². The van der Waals surface area contributed by atoms with Crippen molar-refractivity contribution in [3.8, 4) is 0 Å². The molecule has 5 N–H and O–H groups in total. The number of nitrogens with one attached hydrogen (secondary N) is 3. The van der Waals surface area contributed by atoms with Crippen LogP contribution in [-0.4, -0.2) is 61.5 Å². The monoisotopic (exact) mass is 363 g/mol. The maximum absolute atomic E-state index is 11.9. The lowest BCUT2D eigenvalue weighted by atomic mass is 10.2. The highest BCUT2D eigenvalue weighted by atomic mass is 31.1. The lowest BCUT2D eigenvalue weighted by Gasteiger charge is -2.11. The Morgan fingerprint density at radius 3 is 2.62 bits per heavy atom. The van der Waals surface area contributed by atoms with Gasteiger partial charge in [0.25, 0.3) is 6.47 Å². The third-order valence-electron chi connectivity index (χ3n) is 2.72. The van der Waals surface area contributed by atoms with Crippen molar-refractivity contribution < 1.29 is 33.9 Å². The average Bonchev–Trinajstić information content (AvgIpc) is 3.02. The average molecular weight is 363 g/mol. The number of nitrogens with zero attached hydrogens (tertiary/aromatic N) is 3. The fourth-order valence-corrected chi connectivity index (χ4v) is 2.65. The van der Waals surface area contributed by atoms with E-state index in [1.807, 2.05) is 0 Å². The van der Waals surface area contributed by atoms with Gasteiger partial charge in [0.05, 0.1) is 0 Å². The number of aromatic nitrogens is 4. The summed E-state index contributed by atoms with van der Waals surface area (Å²) in [5.41, 5.74) is 0. The number of carboxylic acid groups (broad SMARTS) is 2. The van der Waals surface area contributed by atoms with Crippen LogP contribution < -0.4 is 10.2 Å². The zero-order valence-electron chi connectivity index (χ0n) is 12.3. The Morgan fingerprint density at radius 1 is 1.33 bits per heavy atom. The summed E-state index contributed by atoms with van der Waals surface area (Å²) in [7, 11) is -2.48. The molecule has 0 bridgehead atoms. The Bertz CT molecular complexity index is 568. The van der Waals surface area contributed by atoms with Gasteiger partial charge in [-0.2, -0.15) is 5.21 Å². The van der Waals surface area contributed by atoms with E-state index in [1.54, 1.807) is 0 Å². The molecule has 132 valence electrons. The molecule has 0 radical (unpaired) electrons. The van der Waals surface area contributed by atoms with Crippen molar-refractivity contribution in [2.75, 3.05) is 0 Å². The van der Waals surface area contributed by atoms with Gasteiger partial charge in [-0.3, -0.25) is 14.4 Å². The molecule has 1 aromatic rings. The first-order valence-corrected chi connectivity index (χ1v) is 7.94. The fourth-order valence-electron chi connectivity index (χ4n) is 1.60. The summed E-state index contributed by atoms with van der Waals surface area (Å²) in [5.74, 6) is -2.17. The zero-order chi connectivity index (χ0) is 17.9. The normalized spacial score (nSPS) is 13.8. The molecule has 0 saturated heterocycles. The molecule has 1 rings (SSSR count). The van der Waals surface area contributed by atoms with Crippen molar-refractivity contribution in [2.24, 2.45) is 0 Å². The number of H-pyrrole nitrogens is 1. The summed E-state index contributed by atoms with van der Waals surface area (Å²) in [4.78, 5) is 32.0. The molecule has 3 atom stereocenters. The van der Waals surface area contributed by atoms with Crippen LogP contribution in [0.2, 0.25) is 0 Å². The second-order valence-electron chi connectivity index (χ2n) is 4.46. The standard InChI is InChI=1S/C10H15N6O7P/c17-5-23-8(3-2-7-11-15-16-12-7)14-24(22)13-6(10(20)21)1-4-9(18)19/h5-6,8H,1-4H2,(H4-,11,12,13,14,15,16,18,19,20,21,22)/p+1/t6-,8+/m0/s1. The molecule has 0 fully saturated rings. The fraction of sp³-hybridized carbons (Fsp3) is 0.600. The number of aliphatic carboxylic acids is 2. The number of hydrogen-bond donors (Lipinski definition) is 5. The molecule has 1 unspecified atom stereocenters. The van der Waals surface area contributed by atoms with Crippen LogP contribution in [0.15, 0.2) is 0 Å². The number of carbonyl (C=O) groups excluding carboxylic acids is 1. The molecule has 14 heteroatoms. The van der Waals surface area contributed by atoms with E-state index in [4.69, 9.17) is 14.9 Å². The predicted octanol–water partition coefficient (Wildman–Crippen LogP) is -1.21. The van der Waals surface area contributed by atoms with Gasteiger partial charge in [0, 0.05) is 19.3 Å². The Kier molecular flexibility index (Phi) is 8.39. The summed E-state index contributed by atoms with van der Waals surface area (Å²) in [6, 6.07) is -1.33. The quantitative estimate of drug-likeness (QED) is 0.159. The minimum Gasteiger partial charge on any atom is -0.481 e. The first-order chi connectivity index (χ1) is 11.4. The van der Waals surface area contributed by atoms with Crippen LogP contribution in [0.5, 0.6) is 0 Å². The molecule has 0 aliphatic rings. The Hall–Kier alpha value is -2.50. The van der Waals surface area contributed by atoms with Crippen molar-refractivity contribution in [1.29, 1.82) is 0 Å². The van der Waals surface area contributed by atoms with Gasteiger partial charge in [0.15, 0.2) is 18.1 Å². The van der Waals surface area contributed by atoms with Crippen LogP contribution in [0.1, 0.15) is 25.1 Å². The second-order valence-corrected chi connectivity index (χ2v) is 5.57. The second kappa shape index (κ2) is 10.3. The SMILES string of the molecule is O=CO[C@H](CCc1nn[nH]n1)N[P+](=O)N[C@@H](CCC(=O)O)C(=O)O. The topological polar surface area (TPSA) is 196 Å². The highest BCUT2D eigenvalue weighted by Gasteiger charge is 2.31. The molecule has 0 aromatic carbocycles. The predicted molar refractivity (Wildman–Crippen MR) is 75.6 cm³/mol. The van der Waals surface area contributed by atoms with Crippen LogP contribution in [0.3, 0.4) is 0 Å². The summed E-state index contributed by atoms with van der Waals surface area (Å²) in [6.07, 6.45) is -1.22. The van der Waals surface area contributed by atoms with Crippen LogP contribution in [-0.2, 0) is 30.1 Å². The Labute approximate surface area is 136 Å². The number of aryl methyl sites for hydroxylation is 1. The molecule has 1 aromatic heterocycles. The van der Waals surface area contributed by atoms with Crippen molar-refractivity contribution in [2.45, 2.75) is 38.0 Å². The van der Waals surface area contributed by atoms with E-state index in [0.717, 1.165) is 0 Å². The van der Waals surface area contributed by atoms with Gasteiger partial charge < -0.3 is 14.9 Å². The van der Waals surface area contributed by atoms with Gasteiger partial charge in [-0.1, -0.05) is 15.4 Å². The van der Waals surface area contributed by atoms with Crippen molar-refractivity contribution in [3.63, 3.8) is 0 Å². The lowest BCUT2D eigenvalue weighted by molar-refractivity contribution is -0.140. The summed E-state index contributed by atoms with van der Waals surface area (Å²) < 4.78 is 16.6. The van der Waals surface area contributed by atoms with E-state index in [1.165, 1.54) is 0 Å². The summed E-state index contributed by atoms with van der Waals surface area (Å²) in [5, 5.41) is 35.2. The van der Waals surface area contributed by atoms with Crippen LogP contribution >= 0.6 is 8.10 Å². The Balaban J connectivity index is 2.51. The molecule has 13 nitrogen and oxygen atoms in total. The molecular weight excluding hydrogens is 347 g/mol. The number of ether oxygens (including phenoxy) is 1. The summed E-state index contributed by atoms with van der Waals surface area (Å²) >= 11 is 0. The van der Waals surface area contributed by atoms with E-state index in [-0.39, 0.29) is 25.7 Å². The minimum absolute atomic E-state index is 0.149. The van der Waals surface area contributed by atoms with Gasteiger partial charge in [0.1, 0.15) is 0 Å². The molecular formula is C10H16N6O7P+. The number of carboxylic acids is 2. The largest absolute Gasteiger partial charge is 0.536 e. The third kappa shape index (κ3) is 7.67. The van der Waals surface area contributed by atoms with E-state index in [9.17, 15) is 18.9 Å². The number of carbonyl (C=O) groups is 3. The van der Waals surface area contributed by atoms with Crippen LogP contribution in [0, 0.1) is 0 Å². The first kappa shape index (κ1) is 19.5. The maximum Gasteiger partial charge on any atom is 0.536 e. The van der Waals surface area contributed by atoms with Crippen molar-refractivity contribution in [3.05, 3.63) is 5.82 Å². The Morgan fingerprint density at radius 2 is 2.08 bits per heavy atom. The number of hydrogen-bond acceptors (Lipinski definition) is 8. The first-order valence-electron chi connectivity index (χ1n) is 6.68. The van der Waals surface area contributed by atoms with E-state index < -0.39 is 38.7 Å². The van der Waals surface area contributed by atoms with Gasteiger partial charge in [-0.15, -0.1) is 10.2 Å². The lowest BCUT2D eigenvalue weighted by Crippen LogP contribution is -2.37. The molecule has 0 spiro atoms. The third-order valence-corrected chi connectivity index (χ3v) is 3.79.